The van der Waals surface area contributed by atoms with Crippen molar-refractivity contribution in [3.63, 3.8) is 0 Å². The van der Waals surface area contributed by atoms with Gasteiger partial charge in [0.2, 0.25) is 12.4 Å². The highest BCUT2D eigenvalue weighted by atomic mass is 16.7. The number of para-hydroxylation sites is 1. The molecule has 2 aromatic rings. The fourth-order valence-corrected chi connectivity index (χ4v) is 3.36. The highest BCUT2D eigenvalue weighted by molar-refractivity contribution is 6.09. The molecule has 0 aromatic heterocycles. The molecule has 1 unspecified atom stereocenters. The molecule has 0 bridgehead atoms. The minimum Gasteiger partial charge on any atom is -0.507 e. The van der Waals surface area contributed by atoms with E-state index in [4.69, 9.17) is 9.47 Å². The summed E-state index contributed by atoms with van der Waals surface area (Å²) >= 11 is 0. The largest absolute Gasteiger partial charge is 0.507 e. The first-order valence-corrected chi connectivity index (χ1v) is 7.84. The predicted molar refractivity (Wildman–Crippen MR) is 86.3 cm³/mol. The van der Waals surface area contributed by atoms with Crippen LogP contribution in [0, 0.1) is 0 Å². The lowest BCUT2D eigenvalue weighted by Crippen LogP contribution is -2.41. The standard InChI is InChI=1S/C18H17NO5/c1-2-7-19-13-6-4-3-5-11(13)18(22,17(19)21)12-8-15-16(9-14(12)20)24-10-23-15/h3-6,8-9,20,22H,2,7,10H2,1H3. The highest BCUT2D eigenvalue weighted by Crippen LogP contribution is 2.49. The van der Waals surface area contributed by atoms with Gasteiger partial charge in [-0.2, -0.15) is 0 Å². The van der Waals surface area contributed by atoms with Crippen LogP contribution in [0.4, 0.5) is 5.69 Å². The Hall–Kier alpha value is -2.73. The Kier molecular flexibility index (Phi) is 3.18. The summed E-state index contributed by atoms with van der Waals surface area (Å²) in [5, 5.41) is 21.7. The second-order valence-corrected chi connectivity index (χ2v) is 5.91. The van der Waals surface area contributed by atoms with Gasteiger partial charge in [-0.05, 0) is 18.6 Å². The summed E-state index contributed by atoms with van der Waals surface area (Å²) in [6, 6.07) is 9.92. The summed E-state index contributed by atoms with van der Waals surface area (Å²) < 4.78 is 10.6. The van der Waals surface area contributed by atoms with Gasteiger partial charge in [0, 0.05) is 23.7 Å². The Labute approximate surface area is 138 Å². The normalized spacial score (nSPS) is 21.2. The number of amides is 1. The molecule has 6 nitrogen and oxygen atoms in total. The van der Waals surface area contributed by atoms with Crippen molar-refractivity contribution in [2.45, 2.75) is 18.9 Å². The molecular formula is C18H17NO5. The molecule has 0 saturated carbocycles. The van der Waals surface area contributed by atoms with Gasteiger partial charge in [-0.1, -0.05) is 25.1 Å². The first kappa shape index (κ1) is 14.8. The van der Waals surface area contributed by atoms with Crippen molar-refractivity contribution in [3.05, 3.63) is 47.5 Å². The van der Waals surface area contributed by atoms with Gasteiger partial charge in [-0.15, -0.1) is 0 Å². The number of phenolic OH excluding ortho intramolecular Hbond substituents is 1. The van der Waals surface area contributed by atoms with Crippen LogP contribution in [0.5, 0.6) is 17.2 Å². The number of phenols is 1. The Morgan fingerprint density at radius 3 is 2.62 bits per heavy atom. The van der Waals surface area contributed by atoms with Crippen molar-refractivity contribution in [1.82, 2.24) is 0 Å². The van der Waals surface area contributed by atoms with Crippen LogP contribution in [-0.2, 0) is 10.4 Å². The van der Waals surface area contributed by atoms with Crippen molar-refractivity contribution < 1.29 is 24.5 Å². The van der Waals surface area contributed by atoms with Gasteiger partial charge in [0.15, 0.2) is 11.5 Å². The zero-order valence-corrected chi connectivity index (χ0v) is 13.2. The van der Waals surface area contributed by atoms with Gasteiger partial charge >= 0.3 is 0 Å². The van der Waals surface area contributed by atoms with Crippen LogP contribution in [0.2, 0.25) is 0 Å². The monoisotopic (exact) mass is 327 g/mol. The van der Waals surface area contributed by atoms with Gasteiger partial charge in [0.1, 0.15) is 5.75 Å². The van der Waals surface area contributed by atoms with Crippen LogP contribution < -0.4 is 14.4 Å². The Morgan fingerprint density at radius 2 is 1.88 bits per heavy atom. The van der Waals surface area contributed by atoms with Crippen LogP contribution in [0.25, 0.3) is 0 Å². The summed E-state index contributed by atoms with van der Waals surface area (Å²) in [4.78, 5) is 14.6. The highest BCUT2D eigenvalue weighted by Gasteiger charge is 2.52. The topological polar surface area (TPSA) is 79.2 Å². The molecule has 124 valence electrons. The van der Waals surface area contributed by atoms with Crippen LogP contribution in [-0.4, -0.2) is 29.5 Å². The smallest absolute Gasteiger partial charge is 0.268 e. The Balaban J connectivity index is 1.93. The van der Waals surface area contributed by atoms with Crippen LogP contribution in [0.1, 0.15) is 24.5 Å². The molecule has 1 amide bonds. The van der Waals surface area contributed by atoms with E-state index in [2.05, 4.69) is 0 Å². The Morgan fingerprint density at radius 1 is 1.17 bits per heavy atom. The van der Waals surface area contributed by atoms with Crippen LogP contribution in [0.3, 0.4) is 0 Å². The number of ether oxygens (including phenoxy) is 2. The molecule has 6 heteroatoms. The van der Waals surface area contributed by atoms with Gasteiger partial charge in [0.25, 0.3) is 5.91 Å². The molecule has 0 saturated heterocycles. The van der Waals surface area contributed by atoms with E-state index < -0.39 is 11.5 Å². The number of carbonyl (C=O) groups excluding carboxylic acids is 1. The van der Waals surface area contributed by atoms with E-state index in [0.717, 1.165) is 6.42 Å². The van der Waals surface area contributed by atoms with Crippen molar-refractivity contribution in [1.29, 1.82) is 0 Å². The average Bonchev–Trinajstić information content (AvgIpc) is 3.12. The third-order valence-corrected chi connectivity index (χ3v) is 4.47. The number of aromatic hydroxyl groups is 1. The van der Waals surface area contributed by atoms with Gasteiger partial charge in [-0.3, -0.25) is 4.79 Å². The van der Waals surface area contributed by atoms with Gasteiger partial charge in [-0.25, -0.2) is 0 Å². The van der Waals surface area contributed by atoms with E-state index >= 15 is 0 Å². The molecule has 2 N–H and O–H groups in total. The number of carbonyl (C=O) groups is 1. The van der Waals surface area contributed by atoms with E-state index in [-0.39, 0.29) is 18.1 Å². The minimum atomic E-state index is -1.95. The van der Waals surface area contributed by atoms with Crippen molar-refractivity contribution in [2.75, 3.05) is 18.2 Å². The maximum Gasteiger partial charge on any atom is 0.268 e. The molecule has 0 fully saturated rings. The summed E-state index contributed by atoms with van der Waals surface area (Å²) in [5.74, 6) is 0.113. The van der Waals surface area contributed by atoms with Crippen molar-refractivity contribution in [2.24, 2.45) is 0 Å². The average molecular weight is 327 g/mol. The molecule has 2 aliphatic heterocycles. The summed E-state index contributed by atoms with van der Waals surface area (Å²) in [7, 11) is 0. The van der Waals surface area contributed by atoms with E-state index in [9.17, 15) is 15.0 Å². The molecule has 1 atom stereocenters. The molecule has 24 heavy (non-hydrogen) atoms. The zero-order valence-electron chi connectivity index (χ0n) is 13.2. The first-order valence-electron chi connectivity index (χ1n) is 7.84. The van der Waals surface area contributed by atoms with E-state index in [1.165, 1.54) is 12.1 Å². The molecule has 0 aliphatic carbocycles. The Bertz CT molecular complexity index is 834. The second kappa shape index (κ2) is 5.14. The maximum atomic E-state index is 13.0. The van der Waals surface area contributed by atoms with Crippen molar-refractivity contribution in [3.8, 4) is 17.2 Å². The summed E-state index contributed by atoms with van der Waals surface area (Å²) in [6.07, 6.45) is 0.753. The number of anilines is 1. The predicted octanol–water partition coefficient (Wildman–Crippen LogP) is 2.11. The minimum absolute atomic E-state index is 0.0448. The molecule has 4 rings (SSSR count). The molecule has 0 spiro atoms. The quantitative estimate of drug-likeness (QED) is 0.903. The lowest BCUT2D eigenvalue weighted by molar-refractivity contribution is -0.132. The van der Waals surface area contributed by atoms with Crippen LogP contribution >= 0.6 is 0 Å². The fraction of sp³-hybridized carbons (Fsp3) is 0.278. The number of fused-ring (bicyclic) bond motifs is 2. The lowest BCUT2D eigenvalue weighted by Gasteiger charge is -2.24. The van der Waals surface area contributed by atoms with Gasteiger partial charge < -0.3 is 24.6 Å². The third-order valence-electron chi connectivity index (χ3n) is 4.47. The lowest BCUT2D eigenvalue weighted by atomic mass is 9.86. The third kappa shape index (κ3) is 1.83. The summed E-state index contributed by atoms with van der Waals surface area (Å²) in [6.45, 7) is 2.50. The number of hydrogen-bond acceptors (Lipinski definition) is 5. The van der Waals surface area contributed by atoms with Gasteiger partial charge in [0.05, 0.1) is 5.69 Å². The zero-order chi connectivity index (χ0) is 16.9. The fourth-order valence-electron chi connectivity index (χ4n) is 3.36. The second-order valence-electron chi connectivity index (χ2n) is 5.91. The van der Waals surface area contributed by atoms with Crippen LogP contribution in [0.15, 0.2) is 36.4 Å². The molecule has 2 aromatic carbocycles. The number of benzene rings is 2. The summed E-state index contributed by atoms with van der Waals surface area (Å²) in [5.41, 5.74) is -0.735. The number of nitrogens with zero attached hydrogens (tertiary/aromatic N) is 1. The molecule has 2 heterocycles. The van der Waals surface area contributed by atoms with E-state index in [0.29, 0.717) is 29.3 Å². The first-order chi connectivity index (χ1) is 11.6. The van der Waals surface area contributed by atoms with Crippen molar-refractivity contribution >= 4 is 11.6 Å². The molecule has 2 aliphatic rings. The SMILES string of the molecule is CCCN1C(=O)C(O)(c2cc3c(cc2O)OCO3)c2ccccc21. The number of aliphatic hydroxyl groups is 1. The number of hydrogen-bond donors (Lipinski definition) is 2. The molecule has 0 radical (unpaired) electrons. The van der Waals surface area contributed by atoms with E-state index in [1.54, 1.807) is 23.1 Å². The van der Waals surface area contributed by atoms with E-state index in [1.807, 2.05) is 13.0 Å². The molecular weight excluding hydrogens is 310 g/mol. The maximum absolute atomic E-state index is 13.0. The number of rotatable bonds is 3.